The van der Waals surface area contributed by atoms with Gasteiger partial charge in [0.25, 0.3) is 0 Å². The molecule has 1 rings (SSSR count). The molecule has 0 aliphatic rings. The number of hydrogen-bond donors (Lipinski definition) is 5. The maximum atomic E-state index is 11.2. The SMILES string of the molecule is CC(=O)Nc1ccc(N/N=C(\C#N)C(=N)N)c(C(=O)O)c1. The van der Waals surface area contributed by atoms with E-state index in [2.05, 4.69) is 15.8 Å². The Morgan fingerprint density at radius 1 is 1.48 bits per heavy atom. The average molecular weight is 288 g/mol. The van der Waals surface area contributed by atoms with E-state index in [0.717, 1.165) is 0 Å². The lowest BCUT2D eigenvalue weighted by Crippen LogP contribution is -2.22. The summed E-state index contributed by atoms with van der Waals surface area (Å²) in [6, 6.07) is 5.66. The first kappa shape index (κ1) is 15.6. The van der Waals surface area contributed by atoms with Gasteiger partial charge in [-0.1, -0.05) is 0 Å². The molecule has 9 heteroatoms. The Kier molecular flexibility index (Phi) is 4.97. The van der Waals surface area contributed by atoms with Gasteiger partial charge in [-0.2, -0.15) is 10.4 Å². The van der Waals surface area contributed by atoms with Gasteiger partial charge in [0, 0.05) is 12.6 Å². The number of nitrogens with zero attached hydrogens (tertiary/aromatic N) is 2. The molecule has 1 aromatic rings. The third-order valence-corrected chi connectivity index (χ3v) is 2.22. The van der Waals surface area contributed by atoms with Crippen LogP contribution in [0.15, 0.2) is 23.3 Å². The summed E-state index contributed by atoms with van der Waals surface area (Å²) >= 11 is 0. The number of nitriles is 1. The highest BCUT2D eigenvalue weighted by Gasteiger charge is 2.12. The standard InChI is InChI=1S/C12H12N6O3/c1-6(19)16-7-2-3-9(8(4-7)12(20)21)17-18-10(5-13)11(14)15/h2-4,17H,1H3,(H3,14,15)(H,16,19)(H,20,21)/b18-10+. The zero-order valence-corrected chi connectivity index (χ0v) is 11.0. The fraction of sp³-hybridized carbons (Fsp3) is 0.0833. The van der Waals surface area contributed by atoms with Crippen LogP contribution in [0.3, 0.4) is 0 Å². The van der Waals surface area contributed by atoms with Gasteiger partial charge in [-0.15, -0.1) is 0 Å². The van der Waals surface area contributed by atoms with Crippen molar-refractivity contribution in [3.63, 3.8) is 0 Å². The third-order valence-electron chi connectivity index (χ3n) is 2.22. The second-order valence-corrected chi connectivity index (χ2v) is 3.84. The molecule has 0 aliphatic heterocycles. The molecule has 9 nitrogen and oxygen atoms in total. The molecule has 0 aliphatic carbocycles. The summed E-state index contributed by atoms with van der Waals surface area (Å²) in [6.07, 6.45) is 0. The maximum Gasteiger partial charge on any atom is 0.337 e. The molecule has 0 aromatic heterocycles. The van der Waals surface area contributed by atoms with E-state index in [1.54, 1.807) is 6.07 Å². The predicted molar refractivity (Wildman–Crippen MR) is 76.3 cm³/mol. The van der Waals surface area contributed by atoms with E-state index in [1.165, 1.54) is 25.1 Å². The number of carbonyl (C=O) groups is 2. The Morgan fingerprint density at radius 3 is 2.62 bits per heavy atom. The molecule has 0 saturated carbocycles. The number of hydrazone groups is 1. The molecular formula is C12H12N6O3. The van der Waals surface area contributed by atoms with E-state index in [0.29, 0.717) is 5.69 Å². The Hall–Kier alpha value is -3.41. The number of carbonyl (C=O) groups excluding carboxylic acids is 1. The van der Waals surface area contributed by atoms with Crippen molar-refractivity contribution in [2.24, 2.45) is 10.8 Å². The maximum absolute atomic E-state index is 11.2. The van der Waals surface area contributed by atoms with Gasteiger partial charge in [-0.25, -0.2) is 4.79 Å². The number of carboxylic acids is 1. The zero-order valence-electron chi connectivity index (χ0n) is 11.0. The van der Waals surface area contributed by atoms with Crippen LogP contribution in [-0.2, 0) is 4.79 Å². The largest absolute Gasteiger partial charge is 0.478 e. The van der Waals surface area contributed by atoms with E-state index in [1.807, 2.05) is 0 Å². The first-order chi connectivity index (χ1) is 9.85. The normalized spacial score (nSPS) is 10.4. The van der Waals surface area contributed by atoms with Crippen LogP contribution in [0.5, 0.6) is 0 Å². The van der Waals surface area contributed by atoms with Gasteiger partial charge in [0.15, 0.2) is 5.84 Å². The summed E-state index contributed by atoms with van der Waals surface area (Å²) in [6.45, 7) is 1.29. The summed E-state index contributed by atoms with van der Waals surface area (Å²) in [4.78, 5) is 22.1. The highest BCUT2D eigenvalue weighted by molar-refractivity contribution is 6.45. The van der Waals surface area contributed by atoms with Crippen molar-refractivity contribution in [3.05, 3.63) is 23.8 Å². The summed E-state index contributed by atoms with van der Waals surface area (Å²) in [5, 5.41) is 30.9. The summed E-state index contributed by atoms with van der Waals surface area (Å²) in [5.41, 5.74) is 7.33. The number of hydrogen-bond acceptors (Lipinski definition) is 6. The van der Waals surface area contributed by atoms with Gasteiger partial charge < -0.3 is 16.2 Å². The third kappa shape index (κ3) is 4.32. The molecule has 0 spiro atoms. The Morgan fingerprint density at radius 2 is 2.14 bits per heavy atom. The van der Waals surface area contributed by atoms with E-state index in [9.17, 15) is 9.59 Å². The highest BCUT2D eigenvalue weighted by Crippen LogP contribution is 2.21. The first-order valence-corrected chi connectivity index (χ1v) is 5.58. The fourth-order valence-corrected chi connectivity index (χ4v) is 1.36. The second-order valence-electron chi connectivity index (χ2n) is 3.84. The van der Waals surface area contributed by atoms with Crippen molar-refractivity contribution in [3.8, 4) is 6.07 Å². The van der Waals surface area contributed by atoms with Crippen LogP contribution in [0.4, 0.5) is 11.4 Å². The minimum Gasteiger partial charge on any atom is -0.478 e. The number of rotatable bonds is 5. The zero-order chi connectivity index (χ0) is 16.0. The van der Waals surface area contributed by atoms with Crippen LogP contribution in [0.1, 0.15) is 17.3 Å². The van der Waals surface area contributed by atoms with Gasteiger partial charge in [0.05, 0.1) is 11.3 Å². The van der Waals surface area contributed by atoms with E-state index in [4.69, 9.17) is 21.5 Å². The summed E-state index contributed by atoms with van der Waals surface area (Å²) < 4.78 is 0. The summed E-state index contributed by atoms with van der Waals surface area (Å²) in [5.74, 6) is -2.13. The van der Waals surface area contributed by atoms with Crippen LogP contribution in [0, 0.1) is 16.7 Å². The topological polar surface area (TPSA) is 164 Å². The summed E-state index contributed by atoms with van der Waals surface area (Å²) in [7, 11) is 0. The Balaban J connectivity index is 3.13. The molecule has 0 radical (unpaired) electrons. The van der Waals surface area contributed by atoms with Crippen molar-refractivity contribution in [2.45, 2.75) is 6.92 Å². The van der Waals surface area contributed by atoms with Crippen LogP contribution in [0.25, 0.3) is 0 Å². The van der Waals surface area contributed by atoms with Crippen molar-refractivity contribution >= 4 is 34.8 Å². The van der Waals surface area contributed by atoms with Crippen LogP contribution in [-0.4, -0.2) is 28.5 Å². The van der Waals surface area contributed by atoms with Gasteiger partial charge in [0.1, 0.15) is 6.07 Å². The molecule has 0 heterocycles. The minimum absolute atomic E-state index is 0.0885. The lowest BCUT2D eigenvalue weighted by molar-refractivity contribution is -0.114. The Bertz CT molecular complexity index is 674. The lowest BCUT2D eigenvalue weighted by Gasteiger charge is -2.08. The smallest absolute Gasteiger partial charge is 0.337 e. The molecule has 108 valence electrons. The fourth-order valence-electron chi connectivity index (χ4n) is 1.36. The van der Waals surface area contributed by atoms with Crippen molar-refractivity contribution < 1.29 is 14.7 Å². The van der Waals surface area contributed by atoms with Crippen molar-refractivity contribution in [2.75, 3.05) is 10.7 Å². The number of nitrogens with one attached hydrogen (secondary N) is 3. The number of carboxylic acid groups (broad SMARTS) is 1. The second kappa shape index (κ2) is 6.67. The van der Waals surface area contributed by atoms with Gasteiger partial charge >= 0.3 is 5.97 Å². The van der Waals surface area contributed by atoms with Gasteiger partial charge in [-0.3, -0.25) is 15.6 Å². The van der Waals surface area contributed by atoms with Gasteiger partial charge in [-0.05, 0) is 18.2 Å². The van der Waals surface area contributed by atoms with Crippen LogP contribution in [0.2, 0.25) is 0 Å². The van der Waals surface area contributed by atoms with E-state index in [-0.39, 0.29) is 22.9 Å². The highest BCUT2D eigenvalue weighted by atomic mass is 16.4. The molecule has 1 aromatic carbocycles. The molecule has 0 bridgehead atoms. The number of amides is 1. The molecular weight excluding hydrogens is 276 g/mol. The minimum atomic E-state index is -1.25. The van der Waals surface area contributed by atoms with Crippen LogP contribution < -0.4 is 16.5 Å². The molecule has 0 unspecified atom stereocenters. The lowest BCUT2D eigenvalue weighted by atomic mass is 10.1. The monoisotopic (exact) mass is 288 g/mol. The van der Waals surface area contributed by atoms with Crippen molar-refractivity contribution in [1.82, 2.24) is 0 Å². The number of anilines is 2. The number of benzene rings is 1. The first-order valence-electron chi connectivity index (χ1n) is 5.58. The number of amidine groups is 1. The molecule has 0 fully saturated rings. The quantitative estimate of drug-likeness (QED) is 0.302. The number of nitrogens with two attached hydrogens (primary N) is 1. The molecule has 0 atom stereocenters. The molecule has 0 saturated heterocycles. The molecule has 1 amide bonds. The molecule has 6 N–H and O–H groups in total. The van der Waals surface area contributed by atoms with E-state index < -0.39 is 11.8 Å². The number of aromatic carboxylic acids is 1. The predicted octanol–water partition coefficient (Wildman–Crippen LogP) is 0.571. The molecule has 21 heavy (non-hydrogen) atoms. The van der Waals surface area contributed by atoms with Gasteiger partial charge in [0.2, 0.25) is 11.6 Å². The average Bonchev–Trinajstić information content (AvgIpc) is 2.39. The van der Waals surface area contributed by atoms with Crippen molar-refractivity contribution in [1.29, 1.82) is 10.7 Å². The van der Waals surface area contributed by atoms with Crippen LogP contribution >= 0.6 is 0 Å². The van der Waals surface area contributed by atoms with E-state index >= 15 is 0 Å². The Labute approximate surface area is 119 Å².